The van der Waals surface area contributed by atoms with Gasteiger partial charge in [0.1, 0.15) is 18.0 Å². The Kier molecular flexibility index (Phi) is 5.28. The van der Waals surface area contributed by atoms with Crippen molar-refractivity contribution in [1.29, 1.82) is 0 Å². The molecule has 1 N–H and O–H groups in total. The first-order valence-corrected chi connectivity index (χ1v) is 8.50. The van der Waals surface area contributed by atoms with Gasteiger partial charge in [-0.15, -0.1) is 0 Å². The van der Waals surface area contributed by atoms with Crippen molar-refractivity contribution in [2.24, 2.45) is 0 Å². The van der Waals surface area contributed by atoms with Crippen molar-refractivity contribution >= 4 is 5.82 Å². The van der Waals surface area contributed by atoms with Crippen molar-refractivity contribution in [3.63, 3.8) is 0 Å². The summed E-state index contributed by atoms with van der Waals surface area (Å²) >= 11 is 0. The highest BCUT2D eigenvalue weighted by atomic mass is 16.5. The number of hydrogen-bond acceptors (Lipinski definition) is 7. The summed E-state index contributed by atoms with van der Waals surface area (Å²) in [4.78, 5) is 27.6. The van der Waals surface area contributed by atoms with Crippen LogP contribution >= 0.6 is 0 Å². The molecule has 3 rings (SSSR count). The van der Waals surface area contributed by atoms with E-state index in [-0.39, 0.29) is 5.56 Å². The molecular weight excluding hydrogens is 320 g/mol. The Morgan fingerprint density at radius 1 is 1.28 bits per heavy atom. The van der Waals surface area contributed by atoms with Gasteiger partial charge in [-0.25, -0.2) is 15.0 Å². The van der Waals surface area contributed by atoms with Gasteiger partial charge < -0.3 is 10.1 Å². The molecule has 0 radical (unpaired) electrons. The van der Waals surface area contributed by atoms with E-state index in [0.29, 0.717) is 36.5 Å². The largest absolute Gasteiger partial charge is 0.481 e. The molecule has 0 bridgehead atoms. The Morgan fingerprint density at radius 3 is 2.88 bits per heavy atom. The molecule has 1 aliphatic heterocycles. The lowest BCUT2D eigenvalue weighted by Gasteiger charge is -2.23. The second kappa shape index (κ2) is 7.60. The molecule has 0 saturated carbocycles. The normalized spacial score (nSPS) is 14.9. The van der Waals surface area contributed by atoms with Crippen LogP contribution in [0.15, 0.2) is 23.3 Å². The molecule has 0 amide bonds. The van der Waals surface area contributed by atoms with Crippen molar-refractivity contribution < 1.29 is 4.74 Å². The fraction of sp³-hybridized carbons (Fsp3) is 0.529. The molecule has 0 saturated heterocycles. The Bertz CT molecular complexity index is 789. The summed E-state index contributed by atoms with van der Waals surface area (Å²) < 4.78 is 6.87. The SMILES string of the molecule is COc1cc(NCc2cc(=O)n3c(n2)CN(C(C)C)CCC3)ncn1. The number of methoxy groups -OCH3 is 1. The fourth-order valence-corrected chi connectivity index (χ4v) is 2.92. The lowest BCUT2D eigenvalue weighted by molar-refractivity contribution is 0.214. The number of ether oxygens (including phenoxy) is 1. The minimum atomic E-state index is 0.00711. The van der Waals surface area contributed by atoms with E-state index in [0.717, 1.165) is 25.3 Å². The topological polar surface area (TPSA) is 85.2 Å². The summed E-state index contributed by atoms with van der Waals surface area (Å²) in [5, 5.41) is 3.16. The van der Waals surface area contributed by atoms with Crippen LogP contribution in [0.1, 0.15) is 31.8 Å². The Labute approximate surface area is 146 Å². The van der Waals surface area contributed by atoms with E-state index in [4.69, 9.17) is 9.72 Å². The number of nitrogens with one attached hydrogen (secondary N) is 1. The Balaban J connectivity index is 1.79. The van der Waals surface area contributed by atoms with E-state index in [1.165, 1.54) is 6.33 Å². The van der Waals surface area contributed by atoms with Gasteiger partial charge in [-0.1, -0.05) is 0 Å². The van der Waals surface area contributed by atoms with Crippen LogP contribution < -0.4 is 15.6 Å². The van der Waals surface area contributed by atoms with E-state index in [1.54, 1.807) is 23.8 Å². The van der Waals surface area contributed by atoms with Gasteiger partial charge in [0.2, 0.25) is 5.88 Å². The molecule has 3 heterocycles. The van der Waals surface area contributed by atoms with E-state index in [2.05, 4.69) is 34.0 Å². The molecule has 0 unspecified atom stereocenters. The van der Waals surface area contributed by atoms with Crippen LogP contribution in [-0.4, -0.2) is 44.1 Å². The third kappa shape index (κ3) is 4.14. The zero-order valence-corrected chi connectivity index (χ0v) is 14.9. The molecule has 0 fully saturated rings. The third-order valence-electron chi connectivity index (χ3n) is 4.34. The van der Waals surface area contributed by atoms with E-state index in [9.17, 15) is 4.79 Å². The second-order valence-corrected chi connectivity index (χ2v) is 6.37. The van der Waals surface area contributed by atoms with Crippen molar-refractivity contribution in [2.45, 2.75) is 45.9 Å². The van der Waals surface area contributed by atoms with Gasteiger partial charge in [0, 0.05) is 31.3 Å². The molecular formula is C17H24N6O2. The summed E-state index contributed by atoms with van der Waals surface area (Å²) in [6.07, 6.45) is 2.39. The number of nitrogens with zero attached hydrogens (tertiary/aromatic N) is 5. The molecule has 2 aromatic rings. The Morgan fingerprint density at radius 2 is 2.12 bits per heavy atom. The van der Waals surface area contributed by atoms with Gasteiger partial charge in [-0.2, -0.15) is 0 Å². The molecule has 25 heavy (non-hydrogen) atoms. The molecule has 0 aromatic carbocycles. The number of aromatic nitrogens is 4. The van der Waals surface area contributed by atoms with Crippen molar-refractivity contribution in [3.05, 3.63) is 40.3 Å². The highest BCUT2D eigenvalue weighted by Crippen LogP contribution is 2.13. The maximum absolute atomic E-state index is 12.5. The maximum Gasteiger partial charge on any atom is 0.253 e. The lowest BCUT2D eigenvalue weighted by atomic mass is 10.3. The number of hydrogen-bond donors (Lipinski definition) is 1. The van der Waals surface area contributed by atoms with Crippen LogP contribution in [0.5, 0.6) is 5.88 Å². The fourth-order valence-electron chi connectivity index (χ4n) is 2.92. The third-order valence-corrected chi connectivity index (χ3v) is 4.34. The molecule has 1 aliphatic rings. The van der Waals surface area contributed by atoms with Gasteiger partial charge >= 0.3 is 0 Å². The van der Waals surface area contributed by atoms with Crippen LogP contribution in [0.3, 0.4) is 0 Å². The van der Waals surface area contributed by atoms with Gasteiger partial charge in [0.15, 0.2) is 0 Å². The van der Waals surface area contributed by atoms with Crippen LogP contribution in [0.25, 0.3) is 0 Å². The van der Waals surface area contributed by atoms with Crippen LogP contribution in [0.4, 0.5) is 5.82 Å². The smallest absolute Gasteiger partial charge is 0.253 e. The van der Waals surface area contributed by atoms with Crippen LogP contribution in [0, 0.1) is 0 Å². The predicted molar refractivity (Wildman–Crippen MR) is 94.6 cm³/mol. The number of rotatable bonds is 5. The van der Waals surface area contributed by atoms with Gasteiger partial charge in [0.25, 0.3) is 5.56 Å². The average Bonchev–Trinajstić information content (AvgIpc) is 2.83. The zero-order valence-electron chi connectivity index (χ0n) is 14.9. The van der Waals surface area contributed by atoms with Crippen LogP contribution in [-0.2, 0) is 19.6 Å². The van der Waals surface area contributed by atoms with Crippen molar-refractivity contribution in [2.75, 3.05) is 19.0 Å². The predicted octanol–water partition coefficient (Wildman–Crippen LogP) is 1.27. The summed E-state index contributed by atoms with van der Waals surface area (Å²) in [5.41, 5.74) is 0.715. The maximum atomic E-state index is 12.5. The quantitative estimate of drug-likeness (QED) is 0.874. The molecule has 0 aliphatic carbocycles. The van der Waals surface area contributed by atoms with E-state index < -0.39 is 0 Å². The molecule has 8 heteroatoms. The molecule has 2 aromatic heterocycles. The average molecular weight is 344 g/mol. The standard InChI is InChI=1S/C17H24N6O2/c1-12(2)22-5-4-6-23-15(10-22)21-13(7-17(23)24)9-18-14-8-16(25-3)20-11-19-14/h7-8,11-12H,4-6,9-10H2,1-3H3,(H,18,19,20). The monoisotopic (exact) mass is 344 g/mol. The van der Waals surface area contributed by atoms with Gasteiger partial charge in [0.05, 0.1) is 25.9 Å². The number of fused-ring (bicyclic) bond motifs is 1. The first-order valence-electron chi connectivity index (χ1n) is 8.50. The first kappa shape index (κ1) is 17.3. The first-order chi connectivity index (χ1) is 12.1. The number of anilines is 1. The van der Waals surface area contributed by atoms with E-state index in [1.807, 2.05) is 0 Å². The van der Waals surface area contributed by atoms with Crippen molar-refractivity contribution in [1.82, 2.24) is 24.4 Å². The van der Waals surface area contributed by atoms with Crippen molar-refractivity contribution in [3.8, 4) is 5.88 Å². The highest BCUT2D eigenvalue weighted by molar-refractivity contribution is 5.37. The molecule has 8 nitrogen and oxygen atoms in total. The summed E-state index contributed by atoms with van der Waals surface area (Å²) in [6, 6.07) is 3.73. The highest BCUT2D eigenvalue weighted by Gasteiger charge is 2.19. The Hall–Kier alpha value is -2.48. The second-order valence-electron chi connectivity index (χ2n) is 6.37. The van der Waals surface area contributed by atoms with Gasteiger partial charge in [-0.3, -0.25) is 14.3 Å². The lowest BCUT2D eigenvalue weighted by Crippen LogP contribution is -2.32. The summed E-state index contributed by atoms with van der Waals surface area (Å²) in [5.74, 6) is 1.95. The molecule has 0 atom stereocenters. The molecule has 0 spiro atoms. The minimum absolute atomic E-state index is 0.00711. The van der Waals surface area contributed by atoms with E-state index >= 15 is 0 Å². The minimum Gasteiger partial charge on any atom is -0.481 e. The zero-order chi connectivity index (χ0) is 17.8. The molecule has 134 valence electrons. The summed E-state index contributed by atoms with van der Waals surface area (Å²) in [7, 11) is 1.56. The summed E-state index contributed by atoms with van der Waals surface area (Å²) in [6.45, 7) is 7.16. The van der Waals surface area contributed by atoms with Crippen LogP contribution in [0.2, 0.25) is 0 Å². The van der Waals surface area contributed by atoms with Gasteiger partial charge in [-0.05, 0) is 20.3 Å².